The maximum atomic E-state index is 5.47. The molecule has 1 saturated carbocycles. The molecule has 3 heteroatoms. The Hall–Kier alpha value is -1.22. The van der Waals surface area contributed by atoms with Crippen LogP contribution in [0.4, 0.5) is 5.69 Å². The van der Waals surface area contributed by atoms with Gasteiger partial charge in [0.05, 0.1) is 12.8 Å². The summed E-state index contributed by atoms with van der Waals surface area (Å²) in [7, 11) is 1.75. The molecule has 3 atom stereocenters. The third-order valence-corrected chi connectivity index (χ3v) is 4.88. The Balaban J connectivity index is 1.73. The Kier molecular flexibility index (Phi) is 4.46. The Labute approximate surface area is 122 Å². The van der Waals surface area contributed by atoms with Gasteiger partial charge < -0.3 is 15.4 Å². The van der Waals surface area contributed by atoms with E-state index in [1.165, 1.54) is 45.1 Å². The Bertz CT molecular complexity index is 429. The van der Waals surface area contributed by atoms with Gasteiger partial charge in [0, 0.05) is 12.1 Å². The van der Waals surface area contributed by atoms with E-state index in [1.807, 2.05) is 12.1 Å². The van der Waals surface area contributed by atoms with Crippen molar-refractivity contribution in [3.63, 3.8) is 0 Å². The molecule has 1 aromatic carbocycles. The molecule has 2 aliphatic rings. The molecule has 0 spiro atoms. The molecule has 3 rings (SSSR count). The van der Waals surface area contributed by atoms with E-state index in [0.717, 1.165) is 17.4 Å². The molecule has 1 saturated heterocycles. The first-order chi connectivity index (χ1) is 9.88. The van der Waals surface area contributed by atoms with Crippen LogP contribution >= 0.6 is 0 Å². The number of nitrogens with one attached hydrogen (secondary N) is 2. The normalized spacial score (nSPS) is 30.1. The van der Waals surface area contributed by atoms with Crippen molar-refractivity contribution in [2.24, 2.45) is 5.92 Å². The molecule has 1 aliphatic heterocycles. The van der Waals surface area contributed by atoms with Crippen LogP contribution in [0.15, 0.2) is 24.3 Å². The van der Waals surface area contributed by atoms with Gasteiger partial charge in [0.15, 0.2) is 0 Å². The standard InChI is InChI=1S/C17H26N2O/c1-20-17-11-5-4-9-16(17)19-15-8-3-2-7-13(15)14-10-6-12-18-14/h4-5,9,11,13-15,18-19H,2-3,6-8,10,12H2,1H3. The zero-order valence-corrected chi connectivity index (χ0v) is 12.4. The molecule has 0 radical (unpaired) electrons. The van der Waals surface area contributed by atoms with Crippen molar-refractivity contribution in [1.82, 2.24) is 5.32 Å². The lowest BCUT2D eigenvalue weighted by Crippen LogP contribution is -2.43. The molecule has 110 valence electrons. The highest BCUT2D eigenvalue weighted by Crippen LogP contribution is 2.34. The van der Waals surface area contributed by atoms with Crippen LogP contribution in [0.5, 0.6) is 5.75 Å². The second kappa shape index (κ2) is 6.49. The molecule has 3 nitrogen and oxygen atoms in total. The molecule has 2 fully saturated rings. The van der Waals surface area contributed by atoms with Crippen LogP contribution in [0, 0.1) is 5.92 Å². The topological polar surface area (TPSA) is 33.3 Å². The van der Waals surface area contributed by atoms with Crippen LogP contribution in [0.2, 0.25) is 0 Å². The average molecular weight is 274 g/mol. The molecule has 3 unspecified atom stereocenters. The SMILES string of the molecule is COc1ccccc1NC1CCCCC1C1CCCN1. The van der Waals surface area contributed by atoms with Gasteiger partial charge in [-0.15, -0.1) is 0 Å². The van der Waals surface area contributed by atoms with Gasteiger partial charge in [-0.05, 0) is 50.3 Å². The minimum Gasteiger partial charge on any atom is -0.495 e. The van der Waals surface area contributed by atoms with Gasteiger partial charge in [-0.3, -0.25) is 0 Å². The van der Waals surface area contributed by atoms with E-state index in [9.17, 15) is 0 Å². The largest absolute Gasteiger partial charge is 0.495 e. The van der Waals surface area contributed by atoms with E-state index in [-0.39, 0.29) is 0 Å². The number of benzene rings is 1. The van der Waals surface area contributed by atoms with Gasteiger partial charge in [-0.25, -0.2) is 0 Å². The average Bonchev–Trinajstić information content (AvgIpc) is 3.02. The van der Waals surface area contributed by atoms with Gasteiger partial charge >= 0.3 is 0 Å². The quantitative estimate of drug-likeness (QED) is 0.882. The molecular weight excluding hydrogens is 248 g/mol. The Morgan fingerprint density at radius 1 is 1.10 bits per heavy atom. The second-order valence-corrected chi connectivity index (χ2v) is 6.10. The maximum absolute atomic E-state index is 5.47. The summed E-state index contributed by atoms with van der Waals surface area (Å²) in [4.78, 5) is 0. The van der Waals surface area contributed by atoms with Crippen LogP contribution < -0.4 is 15.4 Å². The highest BCUT2D eigenvalue weighted by molar-refractivity contribution is 5.56. The van der Waals surface area contributed by atoms with E-state index in [2.05, 4.69) is 22.8 Å². The molecule has 0 aromatic heterocycles. The van der Waals surface area contributed by atoms with Crippen molar-refractivity contribution in [2.45, 2.75) is 50.6 Å². The molecule has 20 heavy (non-hydrogen) atoms. The number of ether oxygens (including phenoxy) is 1. The smallest absolute Gasteiger partial charge is 0.141 e. The zero-order chi connectivity index (χ0) is 13.8. The van der Waals surface area contributed by atoms with Crippen LogP contribution in [-0.2, 0) is 0 Å². The van der Waals surface area contributed by atoms with Crippen LogP contribution in [0.1, 0.15) is 38.5 Å². The van der Waals surface area contributed by atoms with Crippen LogP contribution in [0.3, 0.4) is 0 Å². The summed E-state index contributed by atoms with van der Waals surface area (Å²) in [5.74, 6) is 1.72. The second-order valence-electron chi connectivity index (χ2n) is 6.10. The third-order valence-electron chi connectivity index (χ3n) is 4.88. The molecule has 1 aromatic rings. The highest BCUT2D eigenvalue weighted by Gasteiger charge is 2.33. The lowest BCUT2D eigenvalue weighted by atomic mass is 9.79. The summed E-state index contributed by atoms with van der Waals surface area (Å²) >= 11 is 0. The maximum Gasteiger partial charge on any atom is 0.141 e. The predicted octanol–water partition coefficient (Wildman–Crippen LogP) is 3.42. The first kappa shape index (κ1) is 13.7. The number of anilines is 1. The van der Waals surface area contributed by atoms with Gasteiger partial charge in [0.1, 0.15) is 5.75 Å². The van der Waals surface area contributed by atoms with Crippen molar-refractivity contribution in [2.75, 3.05) is 19.0 Å². The lowest BCUT2D eigenvalue weighted by Gasteiger charge is -2.37. The first-order valence-electron chi connectivity index (χ1n) is 8.01. The van der Waals surface area contributed by atoms with Crippen molar-refractivity contribution in [3.8, 4) is 5.75 Å². The third kappa shape index (κ3) is 2.93. The highest BCUT2D eigenvalue weighted by atomic mass is 16.5. The van der Waals surface area contributed by atoms with Gasteiger partial charge in [-0.1, -0.05) is 25.0 Å². The van der Waals surface area contributed by atoms with Crippen molar-refractivity contribution in [3.05, 3.63) is 24.3 Å². The van der Waals surface area contributed by atoms with E-state index < -0.39 is 0 Å². The monoisotopic (exact) mass is 274 g/mol. The lowest BCUT2D eigenvalue weighted by molar-refractivity contribution is 0.262. The van der Waals surface area contributed by atoms with Crippen LogP contribution in [0.25, 0.3) is 0 Å². The number of rotatable bonds is 4. The summed E-state index contributed by atoms with van der Waals surface area (Å²) in [6.45, 7) is 1.20. The summed E-state index contributed by atoms with van der Waals surface area (Å²) in [5.41, 5.74) is 1.14. The minimum atomic E-state index is 0.579. The number of methoxy groups -OCH3 is 1. The van der Waals surface area contributed by atoms with E-state index in [4.69, 9.17) is 4.74 Å². The molecule has 1 aliphatic carbocycles. The van der Waals surface area contributed by atoms with Gasteiger partial charge in [0.25, 0.3) is 0 Å². The van der Waals surface area contributed by atoms with Crippen molar-refractivity contribution < 1.29 is 4.74 Å². The Morgan fingerprint density at radius 2 is 1.95 bits per heavy atom. The number of hydrogen-bond acceptors (Lipinski definition) is 3. The predicted molar refractivity (Wildman–Crippen MR) is 83.4 cm³/mol. The Morgan fingerprint density at radius 3 is 2.75 bits per heavy atom. The summed E-state index contributed by atoms with van der Waals surface area (Å²) in [5, 5.41) is 7.46. The first-order valence-corrected chi connectivity index (χ1v) is 8.01. The fourth-order valence-electron chi connectivity index (χ4n) is 3.86. The molecule has 0 bridgehead atoms. The van der Waals surface area contributed by atoms with Crippen molar-refractivity contribution in [1.29, 1.82) is 0 Å². The van der Waals surface area contributed by atoms with Gasteiger partial charge in [-0.2, -0.15) is 0 Å². The number of hydrogen-bond donors (Lipinski definition) is 2. The molecule has 1 heterocycles. The summed E-state index contributed by atoms with van der Waals surface area (Å²) in [6.07, 6.45) is 8.03. The summed E-state index contributed by atoms with van der Waals surface area (Å²) < 4.78 is 5.47. The van der Waals surface area contributed by atoms with Gasteiger partial charge in [0.2, 0.25) is 0 Å². The van der Waals surface area contributed by atoms with Crippen LogP contribution in [-0.4, -0.2) is 25.7 Å². The van der Waals surface area contributed by atoms with E-state index in [0.29, 0.717) is 12.1 Å². The fraction of sp³-hybridized carbons (Fsp3) is 0.647. The molecular formula is C17H26N2O. The zero-order valence-electron chi connectivity index (χ0n) is 12.4. The van der Waals surface area contributed by atoms with E-state index >= 15 is 0 Å². The molecule has 2 N–H and O–H groups in total. The number of para-hydroxylation sites is 2. The fourth-order valence-corrected chi connectivity index (χ4v) is 3.86. The van der Waals surface area contributed by atoms with Crippen molar-refractivity contribution >= 4 is 5.69 Å². The minimum absolute atomic E-state index is 0.579. The summed E-state index contributed by atoms with van der Waals surface area (Å²) in [6, 6.07) is 9.57. The molecule has 0 amide bonds. The van der Waals surface area contributed by atoms with E-state index in [1.54, 1.807) is 7.11 Å².